The number of rotatable bonds is 5. The van der Waals surface area contributed by atoms with Crippen molar-refractivity contribution < 1.29 is 77.2 Å². The van der Waals surface area contributed by atoms with Gasteiger partial charge in [-0.05, 0) is 0 Å². The first-order chi connectivity index (χ1) is 11.1. The predicted molar refractivity (Wildman–Crippen MR) is 86.5 cm³/mol. The smallest absolute Gasteiger partial charge is 0.412 e. The van der Waals surface area contributed by atoms with Gasteiger partial charge >= 0.3 is 50.7 Å². The maximum atomic E-state index is 10.7. The van der Waals surface area contributed by atoms with Gasteiger partial charge < -0.3 is 17.3 Å². The molecular formula is C12H24F6O7RuS2. The van der Waals surface area contributed by atoms with Gasteiger partial charge in [0.25, 0.3) is 0 Å². The molecule has 0 aliphatic carbocycles. The van der Waals surface area contributed by atoms with Crippen molar-refractivity contribution in [3.63, 3.8) is 0 Å². The Morgan fingerprint density at radius 3 is 0.893 bits per heavy atom. The summed E-state index contributed by atoms with van der Waals surface area (Å²) >= 11 is 0. The minimum absolute atomic E-state index is 0. The second-order valence-electron chi connectivity index (χ2n) is 5.46. The molecule has 0 aromatic rings. The van der Waals surface area contributed by atoms with Gasteiger partial charge in [0, 0.05) is 0 Å². The molecule has 0 fully saturated rings. The Morgan fingerprint density at radius 2 is 0.821 bits per heavy atom. The largest absolute Gasteiger partial charge is 2.00 e. The minimum Gasteiger partial charge on any atom is -0.412 e. The summed E-state index contributed by atoms with van der Waals surface area (Å²) in [6.45, 7) is 8.84. The molecular weight excluding hydrogens is 535 g/mol. The summed E-state index contributed by atoms with van der Waals surface area (Å²) in [6.07, 6.45) is 5.36. The van der Waals surface area contributed by atoms with Gasteiger partial charge in [0.2, 0.25) is 0 Å². The Morgan fingerprint density at radius 1 is 0.679 bits per heavy atom. The normalized spacial score (nSPS) is 12.1. The number of halogens is 6. The van der Waals surface area contributed by atoms with Crippen LogP contribution in [-0.2, 0) is 39.7 Å². The molecule has 0 bridgehead atoms. The Labute approximate surface area is 173 Å². The molecule has 0 aliphatic heterocycles. The van der Waals surface area contributed by atoms with Crippen LogP contribution < -0.4 is 0 Å². The third-order valence-electron chi connectivity index (χ3n) is 2.19. The minimum atomic E-state index is -5.84. The van der Waals surface area contributed by atoms with Gasteiger partial charge in [-0.15, -0.1) is 0 Å². The quantitative estimate of drug-likeness (QED) is 0.131. The SMILES string of the molecule is C[C-](C)CCCC[C-](C)C.O.O=S(=O)(O)C(F)(F)F.O=S(=O)(O)C(F)(F)F.[Ru+2]. The molecule has 0 amide bonds. The summed E-state index contributed by atoms with van der Waals surface area (Å²) in [4.78, 5) is 0. The van der Waals surface area contributed by atoms with Crippen LogP contribution in [0, 0.1) is 11.8 Å². The second-order valence-corrected chi connectivity index (χ2v) is 8.29. The summed E-state index contributed by atoms with van der Waals surface area (Å²) in [6, 6.07) is 0. The van der Waals surface area contributed by atoms with E-state index in [0.717, 1.165) is 0 Å². The number of unbranched alkanes of at least 4 members (excludes halogenated alkanes) is 1. The van der Waals surface area contributed by atoms with Gasteiger partial charge in [0.05, 0.1) is 0 Å². The third-order valence-corrected chi connectivity index (χ3v) is 3.36. The van der Waals surface area contributed by atoms with Crippen molar-refractivity contribution in [2.75, 3.05) is 0 Å². The van der Waals surface area contributed by atoms with Crippen molar-refractivity contribution >= 4 is 20.2 Å². The Balaban J connectivity index is -0.0000000920. The zero-order valence-corrected chi connectivity index (χ0v) is 18.7. The van der Waals surface area contributed by atoms with Crippen molar-refractivity contribution in [1.29, 1.82) is 0 Å². The van der Waals surface area contributed by atoms with Gasteiger partial charge in [0.15, 0.2) is 0 Å². The van der Waals surface area contributed by atoms with Crippen LogP contribution in [0.3, 0.4) is 0 Å². The molecule has 0 radical (unpaired) electrons. The van der Waals surface area contributed by atoms with E-state index in [0.29, 0.717) is 0 Å². The topological polar surface area (TPSA) is 140 Å². The fourth-order valence-corrected chi connectivity index (χ4v) is 0.957. The van der Waals surface area contributed by atoms with E-state index >= 15 is 0 Å². The molecule has 16 heteroatoms. The van der Waals surface area contributed by atoms with Gasteiger partial charge in [0.1, 0.15) is 0 Å². The molecule has 28 heavy (non-hydrogen) atoms. The van der Waals surface area contributed by atoms with Crippen LogP contribution in [0.25, 0.3) is 0 Å². The molecule has 0 saturated heterocycles. The predicted octanol–water partition coefficient (Wildman–Crippen LogP) is 3.74. The summed E-state index contributed by atoms with van der Waals surface area (Å²) in [7, 11) is -11.7. The van der Waals surface area contributed by atoms with E-state index in [4.69, 9.17) is 25.9 Å². The van der Waals surface area contributed by atoms with Crippen molar-refractivity contribution in [2.45, 2.75) is 64.4 Å². The first-order valence-electron chi connectivity index (χ1n) is 6.78. The molecule has 0 aromatic carbocycles. The fraction of sp³-hybridized carbons (Fsp3) is 0.833. The van der Waals surface area contributed by atoms with Crippen molar-refractivity contribution in [3.05, 3.63) is 11.8 Å². The molecule has 0 heterocycles. The summed E-state index contributed by atoms with van der Waals surface area (Å²) in [5, 5.41) is 0. The number of alkyl halides is 6. The first kappa shape index (κ1) is 38.6. The van der Waals surface area contributed by atoms with E-state index in [1.54, 1.807) is 11.8 Å². The van der Waals surface area contributed by atoms with Crippen molar-refractivity contribution in [2.24, 2.45) is 0 Å². The molecule has 0 aliphatic rings. The molecule has 4 N–H and O–H groups in total. The zero-order valence-electron chi connectivity index (χ0n) is 15.3. The standard InChI is InChI=1S/C10H20.2CHF3O3S.H2O.Ru/c1-9(2)7-5-6-8-10(3)4;2*2-1(3,4)8(5,6)7;;/h5-8H2,1-4H3;2*(H,5,6,7);1H2;/q-2;;;;+2. The molecule has 7 nitrogen and oxygen atoms in total. The van der Waals surface area contributed by atoms with Crippen LogP contribution in [0.5, 0.6) is 0 Å². The molecule has 0 rings (SSSR count). The molecule has 0 unspecified atom stereocenters. The Hall–Kier alpha value is -0.0166. The summed E-state index contributed by atoms with van der Waals surface area (Å²) in [5.74, 6) is 3.13. The summed E-state index contributed by atoms with van der Waals surface area (Å²) < 4.78 is 115. The maximum absolute atomic E-state index is 10.7. The van der Waals surface area contributed by atoms with E-state index in [9.17, 15) is 26.3 Å². The van der Waals surface area contributed by atoms with E-state index in [-0.39, 0.29) is 25.0 Å². The average Bonchev–Trinajstić information content (AvgIpc) is 2.30. The second kappa shape index (κ2) is 15.8. The van der Waals surface area contributed by atoms with Crippen LogP contribution >= 0.6 is 0 Å². The van der Waals surface area contributed by atoms with E-state index in [1.807, 2.05) is 0 Å². The van der Waals surface area contributed by atoms with Crippen LogP contribution in [-0.4, -0.2) is 42.4 Å². The van der Waals surface area contributed by atoms with Crippen molar-refractivity contribution in [1.82, 2.24) is 0 Å². The van der Waals surface area contributed by atoms with Crippen LogP contribution in [0.2, 0.25) is 0 Å². The van der Waals surface area contributed by atoms with Gasteiger partial charge in [-0.1, -0.05) is 12.8 Å². The molecule has 176 valence electrons. The van der Waals surface area contributed by atoms with Gasteiger partial charge in [-0.3, -0.25) is 9.11 Å². The van der Waals surface area contributed by atoms with E-state index < -0.39 is 31.3 Å². The number of hydrogen-bond donors (Lipinski definition) is 2. The van der Waals surface area contributed by atoms with Gasteiger partial charge in [-0.25, -0.2) is 0 Å². The Bertz CT molecular complexity index is 520. The maximum Gasteiger partial charge on any atom is 2.00 e. The molecule has 0 atom stereocenters. The molecule has 0 aromatic heterocycles. The van der Waals surface area contributed by atoms with Crippen LogP contribution in [0.15, 0.2) is 0 Å². The van der Waals surface area contributed by atoms with E-state index in [1.165, 1.54) is 25.7 Å². The Kier molecular flexibility index (Phi) is 21.7. The molecule has 0 spiro atoms. The average molecular weight is 560 g/mol. The van der Waals surface area contributed by atoms with Gasteiger partial charge in [-0.2, -0.15) is 83.7 Å². The first-order valence-corrected chi connectivity index (χ1v) is 9.66. The molecule has 0 saturated carbocycles. The fourth-order valence-electron chi connectivity index (χ4n) is 0.957. The number of hydrogen-bond acceptors (Lipinski definition) is 4. The van der Waals surface area contributed by atoms with Crippen LogP contribution in [0.4, 0.5) is 26.3 Å². The summed E-state index contributed by atoms with van der Waals surface area (Å²) in [5.41, 5.74) is -11.1. The zero-order chi connectivity index (χ0) is 22.0. The van der Waals surface area contributed by atoms with Crippen LogP contribution in [0.1, 0.15) is 53.4 Å². The van der Waals surface area contributed by atoms with E-state index in [2.05, 4.69) is 27.7 Å². The monoisotopic (exact) mass is 560 g/mol. The van der Waals surface area contributed by atoms with Crippen molar-refractivity contribution in [3.8, 4) is 0 Å². The third kappa shape index (κ3) is 26.0.